The first kappa shape index (κ1) is 21.6. The van der Waals surface area contributed by atoms with E-state index >= 15 is 0 Å². The smallest absolute Gasteiger partial charge is 0.0346 e. The maximum absolute atomic E-state index is 4.49. The van der Waals surface area contributed by atoms with Crippen molar-refractivity contribution in [3.63, 3.8) is 0 Å². The van der Waals surface area contributed by atoms with Crippen LogP contribution in [0.3, 0.4) is 0 Å². The van der Waals surface area contributed by atoms with Crippen molar-refractivity contribution in [3.05, 3.63) is 134 Å². The topological polar surface area (TPSA) is 25.8 Å². The highest BCUT2D eigenvalue weighted by atomic mass is 14.6. The van der Waals surface area contributed by atoms with Gasteiger partial charge in [0, 0.05) is 35.9 Å². The maximum Gasteiger partial charge on any atom is 0.0346 e. The molecule has 0 saturated carbocycles. The van der Waals surface area contributed by atoms with Gasteiger partial charge in [-0.1, -0.05) is 72.8 Å². The van der Waals surface area contributed by atoms with E-state index in [2.05, 4.69) is 107 Å². The summed E-state index contributed by atoms with van der Waals surface area (Å²) in [7, 11) is 0. The van der Waals surface area contributed by atoms with E-state index in [0.717, 1.165) is 11.1 Å². The Morgan fingerprint density at radius 2 is 0.875 bits per heavy atom. The highest BCUT2D eigenvalue weighted by molar-refractivity contribution is 6.26. The molecule has 1 aliphatic rings. The standard InChI is InChI=1S/C38H22N2/c1-2-12-27-26(11-1)30(24-9-5-15-39-21-24)17-36-32(27)18-31(25-10-6-16-40-22-25)35-19-33-28-13-3-7-23-8-4-14-29(38(23)28)34(33)20-37(35)36/h1-22H. The van der Waals surface area contributed by atoms with Crippen LogP contribution in [-0.4, -0.2) is 9.97 Å². The summed E-state index contributed by atoms with van der Waals surface area (Å²) in [5.74, 6) is 0. The molecular formula is C38H22N2. The molecule has 8 aromatic rings. The number of hydrogen-bond acceptors (Lipinski definition) is 2. The maximum atomic E-state index is 4.49. The number of benzene rings is 6. The number of nitrogens with zero attached hydrogens (tertiary/aromatic N) is 2. The van der Waals surface area contributed by atoms with E-state index in [4.69, 9.17) is 0 Å². The second kappa shape index (κ2) is 8.08. The summed E-state index contributed by atoms with van der Waals surface area (Å²) in [6.45, 7) is 0. The molecule has 0 aliphatic heterocycles. The summed E-state index contributed by atoms with van der Waals surface area (Å²) in [6, 6.07) is 40.0. The summed E-state index contributed by atoms with van der Waals surface area (Å²) in [5.41, 5.74) is 9.91. The molecule has 0 atom stereocenters. The van der Waals surface area contributed by atoms with Crippen LogP contribution in [0.15, 0.2) is 134 Å². The Kier molecular flexibility index (Phi) is 4.36. The molecule has 0 radical (unpaired) electrons. The van der Waals surface area contributed by atoms with Gasteiger partial charge in [-0.25, -0.2) is 0 Å². The molecule has 40 heavy (non-hydrogen) atoms. The van der Waals surface area contributed by atoms with Crippen LogP contribution in [0.1, 0.15) is 0 Å². The fourth-order valence-electron chi connectivity index (χ4n) is 6.80. The van der Waals surface area contributed by atoms with Gasteiger partial charge in [0.05, 0.1) is 0 Å². The van der Waals surface area contributed by atoms with Crippen molar-refractivity contribution in [1.82, 2.24) is 9.97 Å². The largest absolute Gasteiger partial charge is 0.264 e. The quantitative estimate of drug-likeness (QED) is 0.218. The van der Waals surface area contributed by atoms with Crippen LogP contribution in [-0.2, 0) is 0 Å². The van der Waals surface area contributed by atoms with E-state index in [-0.39, 0.29) is 0 Å². The Morgan fingerprint density at radius 1 is 0.350 bits per heavy atom. The fraction of sp³-hybridized carbons (Fsp3) is 0. The fourth-order valence-corrected chi connectivity index (χ4v) is 6.80. The Bertz CT molecular complexity index is 2300. The van der Waals surface area contributed by atoms with Gasteiger partial charge < -0.3 is 0 Å². The molecule has 6 aromatic carbocycles. The van der Waals surface area contributed by atoms with Gasteiger partial charge in [-0.3, -0.25) is 9.97 Å². The van der Waals surface area contributed by atoms with Gasteiger partial charge in [-0.05, 0) is 113 Å². The van der Waals surface area contributed by atoms with Gasteiger partial charge in [0.1, 0.15) is 0 Å². The third-order valence-electron chi connectivity index (χ3n) is 8.54. The summed E-state index contributed by atoms with van der Waals surface area (Å²) >= 11 is 0. The number of hydrogen-bond donors (Lipinski definition) is 0. The van der Waals surface area contributed by atoms with E-state index in [1.807, 2.05) is 36.9 Å². The van der Waals surface area contributed by atoms with E-state index in [1.54, 1.807) is 0 Å². The van der Waals surface area contributed by atoms with Crippen LogP contribution >= 0.6 is 0 Å². The Hall–Kier alpha value is -5.34. The molecule has 2 heteroatoms. The number of fused-ring (bicyclic) bond motifs is 8. The monoisotopic (exact) mass is 506 g/mol. The third kappa shape index (κ3) is 2.93. The van der Waals surface area contributed by atoms with Crippen molar-refractivity contribution >= 4 is 43.1 Å². The summed E-state index contributed by atoms with van der Waals surface area (Å²) in [5, 5.41) is 10.1. The second-order valence-corrected chi connectivity index (χ2v) is 10.6. The van der Waals surface area contributed by atoms with Crippen molar-refractivity contribution in [2.24, 2.45) is 0 Å². The summed E-state index contributed by atoms with van der Waals surface area (Å²) < 4.78 is 0. The lowest BCUT2D eigenvalue weighted by atomic mass is 9.86. The highest BCUT2D eigenvalue weighted by Gasteiger charge is 2.24. The van der Waals surface area contributed by atoms with Crippen LogP contribution < -0.4 is 0 Å². The van der Waals surface area contributed by atoms with E-state index in [9.17, 15) is 0 Å². The van der Waals surface area contributed by atoms with Gasteiger partial charge in [-0.15, -0.1) is 0 Å². The van der Waals surface area contributed by atoms with Crippen LogP contribution in [0.4, 0.5) is 0 Å². The Balaban J connectivity index is 1.49. The van der Waals surface area contributed by atoms with Crippen molar-refractivity contribution in [3.8, 4) is 44.5 Å². The van der Waals surface area contributed by atoms with Gasteiger partial charge in [0.15, 0.2) is 0 Å². The molecule has 2 aromatic heterocycles. The third-order valence-corrected chi connectivity index (χ3v) is 8.54. The van der Waals surface area contributed by atoms with Crippen LogP contribution in [0.5, 0.6) is 0 Å². The van der Waals surface area contributed by atoms with Crippen molar-refractivity contribution in [2.45, 2.75) is 0 Å². The van der Waals surface area contributed by atoms with Gasteiger partial charge in [0.25, 0.3) is 0 Å². The van der Waals surface area contributed by atoms with E-state index in [0.29, 0.717) is 0 Å². The first-order valence-corrected chi connectivity index (χ1v) is 13.6. The first-order valence-electron chi connectivity index (χ1n) is 13.6. The molecule has 2 nitrogen and oxygen atoms in total. The van der Waals surface area contributed by atoms with Crippen LogP contribution in [0, 0.1) is 0 Å². The normalized spacial score (nSPS) is 12.0. The number of aromatic nitrogens is 2. The number of pyridine rings is 2. The molecule has 184 valence electrons. The van der Waals surface area contributed by atoms with Crippen molar-refractivity contribution in [1.29, 1.82) is 0 Å². The Morgan fingerprint density at radius 3 is 1.50 bits per heavy atom. The summed E-state index contributed by atoms with van der Waals surface area (Å²) in [6.07, 6.45) is 7.63. The van der Waals surface area contributed by atoms with E-state index in [1.165, 1.54) is 76.5 Å². The molecular weight excluding hydrogens is 484 g/mol. The molecule has 0 saturated heterocycles. The second-order valence-electron chi connectivity index (χ2n) is 10.6. The lowest BCUT2D eigenvalue weighted by Gasteiger charge is -2.17. The average Bonchev–Trinajstić information content (AvgIpc) is 3.34. The predicted octanol–water partition coefficient (Wildman–Crippen LogP) is 10.1. The molecule has 0 N–H and O–H groups in total. The van der Waals surface area contributed by atoms with Crippen molar-refractivity contribution < 1.29 is 0 Å². The minimum absolute atomic E-state index is 1.13. The first-order chi connectivity index (χ1) is 19.8. The lowest BCUT2D eigenvalue weighted by Crippen LogP contribution is -1.91. The van der Waals surface area contributed by atoms with Gasteiger partial charge in [0.2, 0.25) is 0 Å². The van der Waals surface area contributed by atoms with Crippen LogP contribution in [0.25, 0.3) is 87.6 Å². The molecule has 0 bridgehead atoms. The molecule has 9 rings (SSSR count). The molecule has 0 spiro atoms. The predicted molar refractivity (Wildman–Crippen MR) is 167 cm³/mol. The minimum atomic E-state index is 1.13. The summed E-state index contributed by atoms with van der Waals surface area (Å²) in [4.78, 5) is 8.94. The molecule has 1 aliphatic carbocycles. The zero-order valence-corrected chi connectivity index (χ0v) is 21.6. The van der Waals surface area contributed by atoms with Crippen molar-refractivity contribution in [2.75, 3.05) is 0 Å². The zero-order valence-electron chi connectivity index (χ0n) is 21.6. The molecule has 0 amide bonds. The van der Waals surface area contributed by atoms with Crippen LogP contribution in [0.2, 0.25) is 0 Å². The number of rotatable bonds is 2. The lowest BCUT2D eigenvalue weighted by molar-refractivity contribution is 1.33. The SMILES string of the molecule is c1cncc(-c2cc3c4cc5c(cc4c(-c4cccnc4)cc3c3ccccc23)-c2cccc3cccc-5c23)c1. The zero-order chi connectivity index (χ0) is 26.2. The molecule has 2 heterocycles. The Labute approximate surface area is 231 Å². The molecule has 0 unspecified atom stereocenters. The minimum Gasteiger partial charge on any atom is -0.264 e. The molecule has 0 fully saturated rings. The highest BCUT2D eigenvalue weighted by Crippen LogP contribution is 2.51. The van der Waals surface area contributed by atoms with Gasteiger partial charge >= 0.3 is 0 Å². The average molecular weight is 507 g/mol. The van der Waals surface area contributed by atoms with Gasteiger partial charge in [-0.2, -0.15) is 0 Å². The van der Waals surface area contributed by atoms with E-state index < -0.39 is 0 Å².